The molecule has 1 aromatic carbocycles. The van der Waals surface area contributed by atoms with Gasteiger partial charge in [0.25, 0.3) is 0 Å². The number of rotatable bonds is 5. The average Bonchev–Trinajstić information content (AvgIpc) is 2.54. The molecule has 0 spiro atoms. The predicted molar refractivity (Wildman–Crippen MR) is 81.3 cm³/mol. The van der Waals surface area contributed by atoms with Crippen LogP contribution in [0.25, 0.3) is 0 Å². The van der Waals surface area contributed by atoms with Crippen LogP contribution in [0.2, 0.25) is 0 Å². The molecule has 2 rings (SSSR count). The van der Waals surface area contributed by atoms with Crippen molar-refractivity contribution in [2.75, 3.05) is 7.11 Å². The summed E-state index contributed by atoms with van der Waals surface area (Å²) in [5.41, 5.74) is 4.84. The van der Waals surface area contributed by atoms with Crippen LogP contribution in [0.4, 0.5) is 0 Å². The van der Waals surface area contributed by atoms with Crippen molar-refractivity contribution >= 4 is 11.6 Å². The van der Waals surface area contributed by atoms with Gasteiger partial charge in [0.2, 0.25) is 5.91 Å². The van der Waals surface area contributed by atoms with Crippen molar-refractivity contribution in [3.05, 3.63) is 59.9 Å². The predicted octanol–water partition coefficient (Wildman–Crippen LogP) is 2.17. The summed E-state index contributed by atoms with van der Waals surface area (Å²) in [5, 5.41) is 4.05. The highest BCUT2D eigenvalue weighted by Crippen LogP contribution is 2.11. The molecular weight excluding hydrogens is 266 g/mol. The van der Waals surface area contributed by atoms with E-state index in [0.29, 0.717) is 5.71 Å². The molecule has 1 amide bonds. The van der Waals surface area contributed by atoms with Crippen LogP contribution < -0.4 is 10.2 Å². The molecule has 5 heteroatoms. The second kappa shape index (κ2) is 7.19. The fourth-order valence-electron chi connectivity index (χ4n) is 1.75. The Hall–Kier alpha value is -2.69. The number of pyridine rings is 1. The third kappa shape index (κ3) is 4.42. The van der Waals surface area contributed by atoms with Crippen LogP contribution in [0.3, 0.4) is 0 Å². The Balaban J connectivity index is 1.92. The Morgan fingerprint density at radius 3 is 2.62 bits per heavy atom. The van der Waals surface area contributed by atoms with Gasteiger partial charge in [-0.3, -0.25) is 9.78 Å². The van der Waals surface area contributed by atoms with Crippen LogP contribution in [-0.4, -0.2) is 23.7 Å². The van der Waals surface area contributed by atoms with Gasteiger partial charge in [0.15, 0.2) is 0 Å². The molecule has 2 aromatic rings. The largest absolute Gasteiger partial charge is 0.497 e. The number of carbonyl (C=O) groups excluding carboxylic acids is 1. The zero-order valence-electron chi connectivity index (χ0n) is 12.0. The minimum absolute atomic E-state index is 0.171. The summed E-state index contributed by atoms with van der Waals surface area (Å²) in [6.45, 7) is 1.80. The number of nitrogens with zero attached hydrogens (tertiary/aromatic N) is 2. The Morgan fingerprint density at radius 1 is 1.24 bits per heavy atom. The number of methoxy groups -OCH3 is 1. The molecule has 108 valence electrons. The lowest BCUT2D eigenvalue weighted by Gasteiger charge is -2.04. The van der Waals surface area contributed by atoms with Crippen molar-refractivity contribution in [2.45, 2.75) is 13.3 Å². The number of ether oxygens (including phenoxy) is 1. The van der Waals surface area contributed by atoms with Crippen molar-refractivity contribution in [1.29, 1.82) is 0 Å². The molecule has 1 N–H and O–H groups in total. The van der Waals surface area contributed by atoms with E-state index in [1.807, 2.05) is 42.5 Å². The number of hydrogen-bond donors (Lipinski definition) is 1. The minimum atomic E-state index is -0.171. The summed E-state index contributed by atoms with van der Waals surface area (Å²) < 4.78 is 5.07. The van der Waals surface area contributed by atoms with E-state index in [4.69, 9.17) is 4.74 Å². The Kier molecular flexibility index (Phi) is 5.04. The lowest BCUT2D eigenvalue weighted by Crippen LogP contribution is -2.21. The van der Waals surface area contributed by atoms with E-state index in [1.54, 1.807) is 20.2 Å². The molecule has 1 aromatic heterocycles. The number of benzene rings is 1. The van der Waals surface area contributed by atoms with E-state index in [9.17, 15) is 4.79 Å². The third-order valence-electron chi connectivity index (χ3n) is 2.91. The van der Waals surface area contributed by atoms with Crippen LogP contribution in [0.15, 0.2) is 53.8 Å². The monoisotopic (exact) mass is 283 g/mol. The summed E-state index contributed by atoms with van der Waals surface area (Å²) in [6.07, 6.45) is 1.95. The normalized spacial score (nSPS) is 11.0. The van der Waals surface area contributed by atoms with Gasteiger partial charge in [0, 0.05) is 6.20 Å². The fraction of sp³-hybridized carbons (Fsp3) is 0.188. The van der Waals surface area contributed by atoms with Crippen LogP contribution in [0, 0.1) is 0 Å². The highest BCUT2D eigenvalue weighted by molar-refractivity contribution is 5.97. The molecule has 0 bridgehead atoms. The molecule has 0 saturated heterocycles. The number of carbonyl (C=O) groups is 1. The van der Waals surface area contributed by atoms with Gasteiger partial charge >= 0.3 is 0 Å². The van der Waals surface area contributed by atoms with E-state index in [-0.39, 0.29) is 12.3 Å². The number of hydrogen-bond acceptors (Lipinski definition) is 4. The standard InChI is InChI=1S/C16H17N3O2/c1-12(15-5-3-4-10-17-15)18-19-16(20)11-13-6-8-14(21-2)9-7-13/h3-10H,11H2,1-2H3,(H,19,20)/b18-12-. The smallest absolute Gasteiger partial charge is 0.244 e. The van der Waals surface area contributed by atoms with Crippen molar-refractivity contribution < 1.29 is 9.53 Å². The van der Waals surface area contributed by atoms with Gasteiger partial charge in [-0.15, -0.1) is 0 Å². The number of nitrogens with one attached hydrogen (secondary N) is 1. The second-order valence-corrected chi connectivity index (χ2v) is 4.47. The van der Waals surface area contributed by atoms with Gasteiger partial charge in [0.05, 0.1) is 24.9 Å². The molecule has 0 aliphatic carbocycles. The van der Waals surface area contributed by atoms with Gasteiger partial charge in [0.1, 0.15) is 5.75 Å². The van der Waals surface area contributed by atoms with E-state index in [1.165, 1.54) is 0 Å². The van der Waals surface area contributed by atoms with Crippen LogP contribution >= 0.6 is 0 Å². The van der Waals surface area contributed by atoms with E-state index in [2.05, 4.69) is 15.5 Å². The first-order valence-corrected chi connectivity index (χ1v) is 6.56. The lowest BCUT2D eigenvalue weighted by atomic mass is 10.1. The Labute approximate surface area is 123 Å². The van der Waals surface area contributed by atoms with E-state index >= 15 is 0 Å². The van der Waals surface area contributed by atoms with E-state index in [0.717, 1.165) is 17.0 Å². The Morgan fingerprint density at radius 2 is 2.00 bits per heavy atom. The van der Waals surface area contributed by atoms with Gasteiger partial charge < -0.3 is 4.74 Å². The van der Waals surface area contributed by atoms with Crippen molar-refractivity contribution in [3.63, 3.8) is 0 Å². The molecule has 21 heavy (non-hydrogen) atoms. The molecule has 0 aliphatic rings. The van der Waals surface area contributed by atoms with Gasteiger partial charge in [-0.1, -0.05) is 18.2 Å². The number of aromatic nitrogens is 1. The van der Waals surface area contributed by atoms with Crippen molar-refractivity contribution in [1.82, 2.24) is 10.4 Å². The summed E-state index contributed by atoms with van der Waals surface area (Å²) in [6, 6.07) is 12.9. The zero-order valence-corrected chi connectivity index (χ0v) is 12.0. The molecule has 0 aliphatic heterocycles. The highest BCUT2D eigenvalue weighted by atomic mass is 16.5. The summed E-state index contributed by atoms with van der Waals surface area (Å²) in [5.74, 6) is 0.596. The molecule has 0 fully saturated rings. The first kappa shape index (κ1) is 14.7. The number of amides is 1. The van der Waals surface area contributed by atoms with Crippen LogP contribution in [-0.2, 0) is 11.2 Å². The number of hydrazone groups is 1. The molecule has 0 saturated carbocycles. The summed E-state index contributed by atoms with van der Waals surface area (Å²) >= 11 is 0. The Bertz CT molecular complexity index is 622. The van der Waals surface area contributed by atoms with Gasteiger partial charge in [-0.25, -0.2) is 5.43 Å². The molecule has 0 atom stereocenters. The van der Waals surface area contributed by atoms with Crippen LogP contribution in [0.1, 0.15) is 18.2 Å². The lowest BCUT2D eigenvalue weighted by molar-refractivity contribution is -0.120. The third-order valence-corrected chi connectivity index (χ3v) is 2.91. The minimum Gasteiger partial charge on any atom is -0.497 e. The van der Waals surface area contributed by atoms with E-state index < -0.39 is 0 Å². The highest BCUT2D eigenvalue weighted by Gasteiger charge is 2.04. The average molecular weight is 283 g/mol. The maximum absolute atomic E-state index is 11.8. The van der Waals surface area contributed by atoms with Crippen molar-refractivity contribution in [2.24, 2.45) is 5.10 Å². The quantitative estimate of drug-likeness (QED) is 0.675. The molecular formula is C16H17N3O2. The molecule has 5 nitrogen and oxygen atoms in total. The molecule has 0 unspecified atom stereocenters. The topological polar surface area (TPSA) is 63.6 Å². The first-order chi connectivity index (χ1) is 10.2. The van der Waals surface area contributed by atoms with Gasteiger partial charge in [-0.2, -0.15) is 5.10 Å². The maximum Gasteiger partial charge on any atom is 0.244 e. The molecule has 0 radical (unpaired) electrons. The van der Waals surface area contributed by atoms with Gasteiger partial charge in [-0.05, 0) is 36.8 Å². The molecule has 1 heterocycles. The van der Waals surface area contributed by atoms with Crippen LogP contribution in [0.5, 0.6) is 5.75 Å². The SMILES string of the molecule is COc1ccc(CC(=O)N/N=C(/C)c2ccccn2)cc1. The maximum atomic E-state index is 11.8. The summed E-state index contributed by atoms with van der Waals surface area (Å²) in [4.78, 5) is 16.0. The fourth-order valence-corrected chi connectivity index (χ4v) is 1.75. The van der Waals surface area contributed by atoms with Crippen molar-refractivity contribution in [3.8, 4) is 5.75 Å². The summed E-state index contributed by atoms with van der Waals surface area (Å²) in [7, 11) is 1.61. The second-order valence-electron chi connectivity index (χ2n) is 4.47. The zero-order chi connectivity index (χ0) is 15.1. The first-order valence-electron chi connectivity index (χ1n) is 6.56.